The van der Waals surface area contributed by atoms with Crippen LogP contribution in [0.3, 0.4) is 0 Å². The van der Waals surface area contributed by atoms with Gasteiger partial charge < -0.3 is 10.2 Å². The maximum absolute atomic E-state index is 12.2. The van der Waals surface area contributed by atoms with E-state index in [1.54, 1.807) is 10.7 Å². The molecule has 1 atom stereocenters. The maximum Gasteiger partial charge on any atom is 0.268 e. The summed E-state index contributed by atoms with van der Waals surface area (Å²) in [7, 11) is 1.93. The second kappa shape index (κ2) is 5.95. The molecular formula is C15H26N4O. The summed E-state index contributed by atoms with van der Waals surface area (Å²) in [6.45, 7) is 9.16. The van der Waals surface area contributed by atoms with Gasteiger partial charge in [-0.25, -0.2) is 4.68 Å². The van der Waals surface area contributed by atoms with Crippen LogP contribution in [0.5, 0.6) is 0 Å². The molecule has 1 aromatic heterocycles. The first kappa shape index (κ1) is 15.0. The van der Waals surface area contributed by atoms with Crippen molar-refractivity contribution in [2.45, 2.75) is 46.2 Å². The van der Waals surface area contributed by atoms with Crippen molar-refractivity contribution in [3.8, 4) is 0 Å². The summed E-state index contributed by atoms with van der Waals surface area (Å²) < 4.78 is 1.56. The van der Waals surface area contributed by atoms with Crippen molar-refractivity contribution in [3.63, 3.8) is 0 Å². The van der Waals surface area contributed by atoms with E-state index in [9.17, 15) is 4.79 Å². The summed E-state index contributed by atoms with van der Waals surface area (Å²) >= 11 is 0. The van der Waals surface area contributed by atoms with Gasteiger partial charge in [-0.15, -0.1) is 0 Å². The summed E-state index contributed by atoms with van der Waals surface area (Å²) in [5.74, 6) is 0. The third-order valence-corrected chi connectivity index (χ3v) is 4.08. The van der Waals surface area contributed by atoms with Gasteiger partial charge in [0.1, 0.15) is 0 Å². The van der Waals surface area contributed by atoms with Crippen molar-refractivity contribution in [1.82, 2.24) is 15.1 Å². The van der Waals surface area contributed by atoms with Gasteiger partial charge in [0.2, 0.25) is 0 Å². The number of likely N-dealkylation sites (N-methyl/N-ethyl adjacent to an activating group) is 1. The Balaban J connectivity index is 2.15. The van der Waals surface area contributed by atoms with E-state index in [1.807, 2.05) is 13.2 Å². The highest BCUT2D eigenvalue weighted by Gasteiger charge is 2.24. The van der Waals surface area contributed by atoms with Crippen molar-refractivity contribution in [3.05, 3.63) is 22.6 Å². The molecule has 2 heterocycles. The monoisotopic (exact) mass is 278 g/mol. The number of anilines is 1. The largest absolute Gasteiger partial charge is 0.370 e. The lowest BCUT2D eigenvalue weighted by atomic mass is 9.87. The van der Waals surface area contributed by atoms with Gasteiger partial charge in [-0.1, -0.05) is 20.8 Å². The van der Waals surface area contributed by atoms with Gasteiger partial charge in [0, 0.05) is 25.2 Å². The van der Waals surface area contributed by atoms with Crippen LogP contribution in [0, 0.1) is 5.41 Å². The molecule has 1 unspecified atom stereocenters. The zero-order valence-corrected chi connectivity index (χ0v) is 13.0. The van der Waals surface area contributed by atoms with Crippen LogP contribution in [0.15, 0.2) is 17.1 Å². The Morgan fingerprint density at radius 2 is 2.00 bits per heavy atom. The first-order chi connectivity index (χ1) is 9.41. The molecule has 20 heavy (non-hydrogen) atoms. The number of aromatic nitrogens is 2. The van der Waals surface area contributed by atoms with Crippen LogP contribution in [-0.4, -0.2) is 36.0 Å². The first-order valence-electron chi connectivity index (χ1n) is 7.41. The van der Waals surface area contributed by atoms with E-state index >= 15 is 0 Å². The molecule has 0 bridgehead atoms. The molecule has 0 amide bonds. The Hall–Kier alpha value is -1.36. The predicted molar refractivity (Wildman–Crippen MR) is 82.2 cm³/mol. The fourth-order valence-corrected chi connectivity index (χ4v) is 2.68. The zero-order chi connectivity index (χ0) is 14.8. The van der Waals surface area contributed by atoms with Crippen LogP contribution >= 0.6 is 0 Å². The molecule has 1 saturated heterocycles. The Bertz CT molecular complexity index is 497. The molecule has 1 N–H and O–H groups in total. The summed E-state index contributed by atoms with van der Waals surface area (Å²) in [5, 5.41) is 7.62. The minimum Gasteiger partial charge on any atom is -0.370 e. The van der Waals surface area contributed by atoms with Crippen molar-refractivity contribution >= 4 is 5.69 Å². The molecule has 5 nitrogen and oxygen atoms in total. The quantitative estimate of drug-likeness (QED) is 0.906. The van der Waals surface area contributed by atoms with Crippen molar-refractivity contribution < 1.29 is 0 Å². The van der Waals surface area contributed by atoms with E-state index in [4.69, 9.17) is 0 Å². The summed E-state index contributed by atoms with van der Waals surface area (Å²) in [4.78, 5) is 14.5. The average Bonchev–Trinajstić information content (AvgIpc) is 2.89. The average molecular weight is 278 g/mol. The molecule has 1 aliphatic heterocycles. The highest BCUT2D eigenvalue weighted by Crippen LogP contribution is 2.20. The molecule has 0 aliphatic carbocycles. The molecule has 5 heteroatoms. The highest BCUT2D eigenvalue weighted by molar-refractivity contribution is 5.43. The summed E-state index contributed by atoms with van der Waals surface area (Å²) in [5.41, 5.74) is 1.03. The topological polar surface area (TPSA) is 50.2 Å². The molecule has 0 radical (unpaired) electrons. The number of nitrogens with zero attached hydrogens (tertiary/aromatic N) is 3. The number of hydrogen-bond donors (Lipinski definition) is 1. The molecule has 0 saturated carbocycles. The number of nitrogens with one attached hydrogen (secondary N) is 1. The summed E-state index contributed by atoms with van der Waals surface area (Å²) in [6, 6.07) is 1.93. The fraction of sp³-hybridized carbons (Fsp3) is 0.733. The molecule has 1 aliphatic rings. The molecular weight excluding hydrogens is 252 g/mol. The van der Waals surface area contributed by atoms with Crippen LogP contribution in [0.25, 0.3) is 0 Å². The third kappa shape index (κ3) is 3.39. The Morgan fingerprint density at radius 3 is 2.50 bits per heavy atom. The number of rotatable bonds is 4. The van der Waals surface area contributed by atoms with Gasteiger partial charge in [-0.2, -0.15) is 5.10 Å². The Labute approximate surface area is 121 Å². The van der Waals surface area contributed by atoms with Gasteiger partial charge in [0.15, 0.2) is 0 Å². The van der Waals surface area contributed by atoms with Gasteiger partial charge >= 0.3 is 0 Å². The highest BCUT2D eigenvalue weighted by atomic mass is 16.1. The van der Waals surface area contributed by atoms with E-state index in [2.05, 4.69) is 36.1 Å². The van der Waals surface area contributed by atoms with E-state index in [0.29, 0.717) is 6.54 Å². The van der Waals surface area contributed by atoms with Crippen molar-refractivity contribution in [2.24, 2.45) is 5.41 Å². The second-order valence-corrected chi connectivity index (χ2v) is 6.64. The van der Waals surface area contributed by atoms with Crippen LogP contribution in [0.1, 0.15) is 33.6 Å². The summed E-state index contributed by atoms with van der Waals surface area (Å²) in [6.07, 6.45) is 4.23. The molecule has 1 fully saturated rings. The van der Waals surface area contributed by atoms with Gasteiger partial charge in [-0.3, -0.25) is 4.79 Å². The second-order valence-electron chi connectivity index (χ2n) is 6.64. The predicted octanol–water partition coefficient (Wildman–Crippen LogP) is 1.48. The Kier molecular flexibility index (Phi) is 4.48. The SMILES string of the molecule is CNC(Cn1ncc(N2CCCC2)cc1=O)C(C)(C)C. The molecule has 2 rings (SSSR count). The number of hydrogen-bond acceptors (Lipinski definition) is 4. The molecule has 1 aromatic rings. The van der Waals surface area contributed by atoms with Gasteiger partial charge in [0.25, 0.3) is 5.56 Å². The molecule has 0 aromatic carbocycles. The smallest absolute Gasteiger partial charge is 0.268 e. The minimum atomic E-state index is -0.0149. The van der Waals surface area contributed by atoms with Crippen LogP contribution in [0.4, 0.5) is 5.69 Å². The van der Waals surface area contributed by atoms with E-state index in [-0.39, 0.29) is 17.0 Å². The lowest BCUT2D eigenvalue weighted by Crippen LogP contribution is -2.44. The standard InChI is InChI=1S/C15H26N4O/c1-15(2,3)13(16-4)11-19-14(20)9-12(10-17-19)18-7-5-6-8-18/h9-10,13,16H,5-8,11H2,1-4H3. The lowest BCUT2D eigenvalue weighted by molar-refractivity contribution is 0.244. The maximum atomic E-state index is 12.2. The lowest BCUT2D eigenvalue weighted by Gasteiger charge is -2.30. The fourth-order valence-electron chi connectivity index (χ4n) is 2.68. The zero-order valence-electron chi connectivity index (χ0n) is 13.0. The van der Waals surface area contributed by atoms with E-state index in [0.717, 1.165) is 18.8 Å². The van der Waals surface area contributed by atoms with Crippen molar-refractivity contribution in [2.75, 3.05) is 25.0 Å². The van der Waals surface area contributed by atoms with Crippen LogP contribution < -0.4 is 15.8 Å². The molecule has 0 spiro atoms. The van der Waals surface area contributed by atoms with Crippen LogP contribution in [0.2, 0.25) is 0 Å². The normalized spacial score (nSPS) is 17.5. The van der Waals surface area contributed by atoms with Crippen LogP contribution in [-0.2, 0) is 6.54 Å². The van der Waals surface area contributed by atoms with Gasteiger partial charge in [-0.05, 0) is 25.3 Å². The minimum absolute atomic E-state index is 0.0149. The Morgan fingerprint density at radius 1 is 1.35 bits per heavy atom. The van der Waals surface area contributed by atoms with Gasteiger partial charge in [0.05, 0.1) is 18.4 Å². The van der Waals surface area contributed by atoms with Crippen molar-refractivity contribution in [1.29, 1.82) is 0 Å². The first-order valence-corrected chi connectivity index (χ1v) is 7.41. The van der Waals surface area contributed by atoms with E-state index in [1.165, 1.54) is 12.8 Å². The molecule has 112 valence electrons. The third-order valence-electron chi connectivity index (χ3n) is 4.08. The van der Waals surface area contributed by atoms with E-state index < -0.39 is 0 Å².